The molecule has 1 aromatic rings. The Morgan fingerprint density at radius 3 is 2.50 bits per heavy atom. The van der Waals surface area contributed by atoms with E-state index in [0.717, 1.165) is 12.1 Å². The second-order valence-electron chi connectivity index (χ2n) is 4.99. The molecule has 0 unspecified atom stereocenters. The second-order valence-corrected chi connectivity index (χ2v) is 4.99. The Labute approximate surface area is 115 Å². The third-order valence-electron chi connectivity index (χ3n) is 3.44. The lowest BCUT2D eigenvalue weighted by molar-refractivity contribution is -0.123. The number of rotatable bonds is 4. The van der Waals surface area contributed by atoms with E-state index in [-0.39, 0.29) is 18.5 Å². The molecule has 1 amide bonds. The Kier molecular flexibility index (Phi) is 4.67. The number of ether oxygens (including phenoxy) is 1. The number of hydrogen-bond acceptors (Lipinski definition) is 3. The SMILES string of the molecule is O=C(Cc1c(F)cccc1F)NCC1(O)CCOCC1. The summed E-state index contributed by atoms with van der Waals surface area (Å²) in [6.45, 7) is 0.938. The van der Waals surface area contributed by atoms with Gasteiger partial charge in [0.05, 0.1) is 12.0 Å². The molecule has 2 N–H and O–H groups in total. The van der Waals surface area contributed by atoms with Crippen molar-refractivity contribution in [2.24, 2.45) is 0 Å². The van der Waals surface area contributed by atoms with E-state index >= 15 is 0 Å². The first-order valence-corrected chi connectivity index (χ1v) is 6.50. The summed E-state index contributed by atoms with van der Waals surface area (Å²) < 4.78 is 31.9. The fourth-order valence-electron chi connectivity index (χ4n) is 2.12. The van der Waals surface area contributed by atoms with E-state index in [9.17, 15) is 18.7 Å². The minimum atomic E-state index is -0.998. The zero-order valence-electron chi connectivity index (χ0n) is 11.0. The van der Waals surface area contributed by atoms with E-state index in [2.05, 4.69) is 5.32 Å². The summed E-state index contributed by atoms with van der Waals surface area (Å²) in [5.74, 6) is -2.01. The quantitative estimate of drug-likeness (QED) is 0.873. The first-order valence-electron chi connectivity index (χ1n) is 6.50. The van der Waals surface area contributed by atoms with Gasteiger partial charge in [0, 0.05) is 38.2 Å². The van der Waals surface area contributed by atoms with Crippen molar-refractivity contribution in [1.82, 2.24) is 5.32 Å². The van der Waals surface area contributed by atoms with Gasteiger partial charge in [0.15, 0.2) is 0 Å². The van der Waals surface area contributed by atoms with Gasteiger partial charge in [-0.3, -0.25) is 4.79 Å². The highest BCUT2D eigenvalue weighted by molar-refractivity contribution is 5.78. The number of carbonyl (C=O) groups excluding carboxylic acids is 1. The first kappa shape index (κ1) is 14.9. The van der Waals surface area contributed by atoms with Gasteiger partial charge in [-0.05, 0) is 12.1 Å². The van der Waals surface area contributed by atoms with Crippen LogP contribution in [0.25, 0.3) is 0 Å². The van der Waals surface area contributed by atoms with Crippen molar-refractivity contribution >= 4 is 5.91 Å². The van der Waals surface area contributed by atoms with E-state index in [0.29, 0.717) is 26.1 Å². The molecule has 0 spiro atoms. The topological polar surface area (TPSA) is 58.6 Å². The van der Waals surface area contributed by atoms with Crippen LogP contribution < -0.4 is 5.32 Å². The van der Waals surface area contributed by atoms with Gasteiger partial charge >= 0.3 is 0 Å². The number of carbonyl (C=O) groups is 1. The number of amides is 1. The summed E-state index contributed by atoms with van der Waals surface area (Å²) in [5.41, 5.74) is -1.26. The Bertz CT molecular complexity index is 467. The third-order valence-corrected chi connectivity index (χ3v) is 3.44. The number of hydrogen-bond donors (Lipinski definition) is 2. The molecule has 1 aliphatic rings. The van der Waals surface area contributed by atoms with Crippen LogP contribution in [0.4, 0.5) is 8.78 Å². The molecular formula is C14H17F2NO3. The molecular weight excluding hydrogens is 268 g/mol. The smallest absolute Gasteiger partial charge is 0.224 e. The zero-order chi connectivity index (χ0) is 14.6. The lowest BCUT2D eigenvalue weighted by Crippen LogP contribution is -2.47. The average molecular weight is 285 g/mol. The molecule has 0 aromatic heterocycles. The first-order chi connectivity index (χ1) is 9.50. The number of benzene rings is 1. The Hall–Kier alpha value is -1.53. The third kappa shape index (κ3) is 3.74. The molecule has 20 heavy (non-hydrogen) atoms. The normalized spacial score (nSPS) is 17.8. The van der Waals surface area contributed by atoms with Crippen LogP contribution in [0, 0.1) is 11.6 Å². The van der Waals surface area contributed by atoms with E-state index in [4.69, 9.17) is 4.74 Å². The summed E-state index contributed by atoms with van der Waals surface area (Å²) in [6, 6.07) is 3.46. The molecule has 1 aliphatic heterocycles. The Morgan fingerprint density at radius 2 is 1.90 bits per heavy atom. The Balaban J connectivity index is 1.89. The minimum absolute atomic E-state index is 0.0608. The fourth-order valence-corrected chi connectivity index (χ4v) is 2.12. The summed E-state index contributed by atoms with van der Waals surface area (Å²) >= 11 is 0. The van der Waals surface area contributed by atoms with Crippen LogP contribution in [-0.4, -0.2) is 36.4 Å². The van der Waals surface area contributed by atoms with Crippen molar-refractivity contribution < 1.29 is 23.4 Å². The maximum absolute atomic E-state index is 13.4. The molecule has 0 bridgehead atoms. The van der Waals surface area contributed by atoms with Crippen molar-refractivity contribution in [2.75, 3.05) is 19.8 Å². The minimum Gasteiger partial charge on any atom is -0.388 e. The van der Waals surface area contributed by atoms with Gasteiger partial charge in [0.25, 0.3) is 0 Å². The molecule has 1 aromatic carbocycles. The van der Waals surface area contributed by atoms with Crippen LogP contribution in [0.1, 0.15) is 18.4 Å². The molecule has 1 fully saturated rings. The highest BCUT2D eigenvalue weighted by Gasteiger charge is 2.30. The van der Waals surface area contributed by atoms with Crippen molar-refractivity contribution in [2.45, 2.75) is 24.9 Å². The van der Waals surface area contributed by atoms with Crippen LogP contribution in [0.15, 0.2) is 18.2 Å². The average Bonchev–Trinajstić information content (AvgIpc) is 2.42. The molecule has 0 atom stereocenters. The van der Waals surface area contributed by atoms with Crippen molar-refractivity contribution in [3.63, 3.8) is 0 Å². The van der Waals surface area contributed by atoms with Crippen LogP contribution in [-0.2, 0) is 16.0 Å². The lowest BCUT2D eigenvalue weighted by Gasteiger charge is -2.32. The highest BCUT2D eigenvalue weighted by atomic mass is 19.1. The largest absolute Gasteiger partial charge is 0.388 e. The summed E-state index contributed by atoms with van der Waals surface area (Å²) in [5, 5.41) is 12.7. The standard InChI is InChI=1S/C14H17F2NO3/c15-11-2-1-3-12(16)10(11)8-13(18)17-9-14(19)4-6-20-7-5-14/h1-3,19H,4-9H2,(H,17,18). The van der Waals surface area contributed by atoms with Crippen LogP contribution >= 0.6 is 0 Å². The van der Waals surface area contributed by atoms with Gasteiger partial charge in [-0.2, -0.15) is 0 Å². The molecule has 0 saturated carbocycles. The fraction of sp³-hybridized carbons (Fsp3) is 0.500. The number of nitrogens with one attached hydrogen (secondary N) is 1. The van der Waals surface area contributed by atoms with Crippen molar-refractivity contribution in [3.8, 4) is 0 Å². The van der Waals surface area contributed by atoms with Gasteiger partial charge < -0.3 is 15.2 Å². The van der Waals surface area contributed by atoms with Gasteiger partial charge in [-0.25, -0.2) is 8.78 Å². The van der Waals surface area contributed by atoms with E-state index in [1.807, 2.05) is 0 Å². The van der Waals surface area contributed by atoms with Gasteiger partial charge in [-0.15, -0.1) is 0 Å². The lowest BCUT2D eigenvalue weighted by atomic mass is 9.94. The van der Waals surface area contributed by atoms with Crippen molar-refractivity contribution in [1.29, 1.82) is 0 Å². The predicted molar refractivity (Wildman–Crippen MR) is 68.1 cm³/mol. The monoisotopic (exact) mass is 285 g/mol. The molecule has 0 aliphatic carbocycles. The van der Waals surface area contributed by atoms with Crippen LogP contribution in [0.5, 0.6) is 0 Å². The van der Waals surface area contributed by atoms with Gasteiger partial charge in [-0.1, -0.05) is 6.07 Å². The summed E-state index contributed by atoms with van der Waals surface area (Å²) in [7, 11) is 0. The highest BCUT2D eigenvalue weighted by Crippen LogP contribution is 2.19. The van der Waals surface area contributed by atoms with Gasteiger partial charge in [0.2, 0.25) is 5.91 Å². The van der Waals surface area contributed by atoms with E-state index < -0.39 is 23.1 Å². The maximum Gasteiger partial charge on any atom is 0.224 e. The van der Waals surface area contributed by atoms with Crippen LogP contribution in [0.3, 0.4) is 0 Å². The molecule has 0 radical (unpaired) electrons. The number of halogens is 2. The molecule has 1 saturated heterocycles. The van der Waals surface area contributed by atoms with Gasteiger partial charge in [0.1, 0.15) is 11.6 Å². The van der Waals surface area contributed by atoms with Crippen LogP contribution in [0.2, 0.25) is 0 Å². The van der Waals surface area contributed by atoms with Crippen molar-refractivity contribution in [3.05, 3.63) is 35.4 Å². The molecule has 1 heterocycles. The molecule has 2 rings (SSSR count). The predicted octanol–water partition coefficient (Wildman–Crippen LogP) is 1.17. The zero-order valence-corrected chi connectivity index (χ0v) is 11.0. The number of aliphatic hydroxyl groups is 1. The molecule has 4 nitrogen and oxygen atoms in total. The molecule has 6 heteroatoms. The second kappa shape index (κ2) is 6.28. The van der Waals surface area contributed by atoms with E-state index in [1.54, 1.807) is 0 Å². The van der Waals surface area contributed by atoms with E-state index in [1.165, 1.54) is 6.07 Å². The summed E-state index contributed by atoms with van der Waals surface area (Å²) in [6.07, 6.45) is 0.480. The Morgan fingerprint density at radius 1 is 1.30 bits per heavy atom. The maximum atomic E-state index is 13.4. The summed E-state index contributed by atoms with van der Waals surface area (Å²) in [4.78, 5) is 11.7. The molecule has 110 valence electrons.